The summed E-state index contributed by atoms with van der Waals surface area (Å²) in [7, 11) is 1.67. The van der Waals surface area contributed by atoms with Gasteiger partial charge in [-0.15, -0.1) is 0 Å². The van der Waals surface area contributed by atoms with Crippen LogP contribution in [-0.2, 0) is 6.54 Å². The van der Waals surface area contributed by atoms with Crippen LogP contribution in [0.3, 0.4) is 0 Å². The number of benzene rings is 3. The van der Waals surface area contributed by atoms with Crippen molar-refractivity contribution in [2.24, 2.45) is 0 Å². The fourth-order valence-corrected chi connectivity index (χ4v) is 5.50. The molecule has 1 fully saturated rings. The molecule has 0 radical (unpaired) electrons. The zero-order chi connectivity index (χ0) is 25.5. The first-order chi connectivity index (χ1) is 18.0. The van der Waals surface area contributed by atoms with Gasteiger partial charge in [0.15, 0.2) is 0 Å². The number of ether oxygens (including phenoxy) is 1. The van der Waals surface area contributed by atoms with E-state index in [4.69, 9.17) is 4.74 Å². The number of nitrogens with one attached hydrogen (secondary N) is 1. The topological polar surface area (TPSA) is 82.7 Å². The zero-order valence-corrected chi connectivity index (χ0v) is 20.6. The number of rotatable bonds is 5. The van der Waals surface area contributed by atoms with Gasteiger partial charge in [-0.25, -0.2) is 0 Å². The molecule has 3 heterocycles. The van der Waals surface area contributed by atoms with Crippen molar-refractivity contribution >= 4 is 28.6 Å². The smallest absolute Gasteiger partial charge is 0.261 e. The number of hydrogen-bond donors (Lipinski definition) is 1. The first-order valence-electron chi connectivity index (χ1n) is 12.5. The Balaban J connectivity index is 1.16. The summed E-state index contributed by atoms with van der Waals surface area (Å²) < 4.78 is 5.40. The first kappa shape index (κ1) is 23.0. The Labute approximate surface area is 214 Å². The fraction of sp³-hybridized carbons (Fsp3) is 0.233. The van der Waals surface area contributed by atoms with Gasteiger partial charge in [0.1, 0.15) is 5.75 Å². The molecule has 7 heteroatoms. The number of fused-ring (bicyclic) bond motifs is 2. The number of aromatic nitrogens is 1. The lowest BCUT2D eigenvalue weighted by Gasteiger charge is -2.32. The highest BCUT2D eigenvalue weighted by molar-refractivity contribution is 6.22. The van der Waals surface area contributed by atoms with E-state index in [9.17, 15) is 14.4 Å². The number of piperidine rings is 1. The molecular weight excluding hydrogens is 466 g/mol. The van der Waals surface area contributed by atoms with Crippen molar-refractivity contribution in [2.75, 3.05) is 20.2 Å². The SMILES string of the molecule is COc1ccc2[nH]cc(C3CCN(C(=O)c4ccc5c(c4)C(=O)N(Cc4ccccc4)C5=O)CC3)c2c1. The molecule has 2 aliphatic rings. The highest BCUT2D eigenvalue weighted by Crippen LogP contribution is 2.35. The maximum atomic E-state index is 13.3. The van der Waals surface area contributed by atoms with Crippen LogP contribution in [0.25, 0.3) is 10.9 Å². The molecule has 0 spiro atoms. The number of carbonyl (C=O) groups is 3. The van der Waals surface area contributed by atoms with Gasteiger partial charge in [-0.05, 0) is 66.3 Å². The van der Waals surface area contributed by atoms with Crippen LogP contribution in [0.1, 0.15) is 61.0 Å². The standard InChI is InChI=1S/C30H27N3O4/c1-37-22-8-10-27-24(16-22)26(17-31-27)20-11-13-32(14-12-20)28(34)21-7-9-23-25(15-21)30(36)33(29(23)35)18-19-5-3-2-4-6-19/h2-10,15-17,20,31H,11-14,18H2,1H3. The van der Waals surface area contributed by atoms with Crippen LogP contribution in [0, 0.1) is 0 Å². The number of H-pyrrole nitrogens is 1. The van der Waals surface area contributed by atoms with Crippen molar-refractivity contribution in [1.82, 2.24) is 14.8 Å². The minimum Gasteiger partial charge on any atom is -0.497 e. The van der Waals surface area contributed by atoms with E-state index in [1.807, 2.05) is 47.4 Å². The highest BCUT2D eigenvalue weighted by atomic mass is 16.5. The van der Waals surface area contributed by atoms with Crippen molar-refractivity contribution in [2.45, 2.75) is 25.3 Å². The Kier molecular flexibility index (Phi) is 5.75. The van der Waals surface area contributed by atoms with Gasteiger partial charge in [-0.2, -0.15) is 0 Å². The summed E-state index contributed by atoms with van der Waals surface area (Å²) in [6, 6.07) is 20.3. The number of nitrogens with zero attached hydrogens (tertiary/aromatic N) is 2. The van der Waals surface area contributed by atoms with Gasteiger partial charge < -0.3 is 14.6 Å². The van der Waals surface area contributed by atoms with Gasteiger partial charge in [0.25, 0.3) is 17.7 Å². The number of amides is 3. The highest BCUT2D eigenvalue weighted by Gasteiger charge is 2.36. The van der Waals surface area contributed by atoms with Gasteiger partial charge in [0.05, 0.1) is 24.8 Å². The second-order valence-electron chi connectivity index (χ2n) is 9.66. The minimum atomic E-state index is -0.355. The zero-order valence-electron chi connectivity index (χ0n) is 20.6. The summed E-state index contributed by atoms with van der Waals surface area (Å²) in [5.41, 5.74) is 4.30. The summed E-state index contributed by atoms with van der Waals surface area (Å²) in [4.78, 5) is 45.7. The van der Waals surface area contributed by atoms with Gasteiger partial charge in [0.2, 0.25) is 0 Å². The van der Waals surface area contributed by atoms with E-state index in [-0.39, 0.29) is 24.3 Å². The Morgan fingerprint density at radius 1 is 0.946 bits per heavy atom. The van der Waals surface area contributed by atoms with E-state index < -0.39 is 0 Å². The third kappa shape index (κ3) is 4.06. The minimum absolute atomic E-state index is 0.108. The molecule has 1 N–H and O–H groups in total. The monoisotopic (exact) mass is 493 g/mol. The van der Waals surface area contributed by atoms with Crippen LogP contribution >= 0.6 is 0 Å². The number of hydrogen-bond acceptors (Lipinski definition) is 4. The van der Waals surface area contributed by atoms with Crippen LogP contribution in [0.5, 0.6) is 5.75 Å². The molecule has 6 rings (SSSR count). The van der Waals surface area contributed by atoms with E-state index in [1.165, 1.54) is 10.5 Å². The van der Waals surface area contributed by atoms with E-state index in [0.717, 1.165) is 35.1 Å². The first-order valence-corrected chi connectivity index (χ1v) is 12.5. The molecule has 0 saturated carbocycles. The molecule has 1 saturated heterocycles. The lowest BCUT2D eigenvalue weighted by atomic mass is 9.89. The average Bonchev–Trinajstić information content (AvgIpc) is 3.47. The molecule has 3 amide bonds. The molecule has 4 aromatic rings. The molecular formula is C30H27N3O4. The van der Waals surface area contributed by atoms with Gasteiger partial charge in [-0.1, -0.05) is 30.3 Å². The summed E-state index contributed by atoms with van der Waals surface area (Å²) in [5, 5.41) is 1.16. The maximum Gasteiger partial charge on any atom is 0.261 e. The van der Waals surface area contributed by atoms with E-state index in [1.54, 1.807) is 25.3 Å². The molecule has 3 aromatic carbocycles. The normalized spacial score (nSPS) is 15.9. The number of aromatic amines is 1. The average molecular weight is 494 g/mol. The Bertz CT molecular complexity index is 1520. The molecule has 0 aliphatic carbocycles. The van der Waals surface area contributed by atoms with Crippen molar-refractivity contribution in [3.63, 3.8) is 0 Å². The predicted molar refractivity (Wildman–Crippen MR) is 140 cm³/mol. The number of methoxy groups -OCH3 is 1. The van der Waals surface area contributed by atoms with Gasteiger partial charge >= 0.3 is 0 Å². The molecule has 0 atom stereocenters. The van der Waals surface area contributed by atoms with Crippen LogP contribution in [0.15, 0.2) is 72.9 Å². The summed E-state index contributed by atoms with van der Waals surface area (Å²) in [5.74, 6) is 0.387. The molecule has 186 valence electrons. The lowest BCUT2D eigenvalue weighted by Crippen LogP contribution is -2.38. The van der Waals surface area contributed by atoms with E-state index >= 15 is 0 Å². The summed E-state index contributed by atoms with van der Waals surface area (Å²) in [6.45, 7) is 1.47. The maximum absolute atomic E-state index is 13.3. The Morgan fingerprint density at radius 2 is 1.70 bits per heavy atom. The van der Waals surface area contributed by atoms with Crippen molar-refractivity contribution in [1.29, 1.82) is 0 Å². The van der Waals surface area contributed by atoms with Crippen molar-refractivity contribution < 1.29 is 19.1 Å². The Morgan fingerprint density at radius 3 is 2.46 bits per heavy atom. The fourth-order valence-electron chi connectivity index (χ4n) is 5.50. The predicted octanol–water partition coefficient (Wildman–Crippen LogP) is 4.99. The molecule has 0 bridgehead atoms. The van der Waals surface area contributed by atoms with Crippen molar-refractivity contribution in [3.8, 4) is 5.75 Å². The van der Waals surface area contributed by atoms with Crippen LogP contribution in [-0.4, -0.2) is 52.7 Å². The van der Waals surface area contributed by atoms with Crippen LogP contribution in [0.2, 0.25) is 0 Å². The van der Waals surface area contributed by atoms with E-state index in [2.05, 4.69) is 17.2 Å². The molecule has 0 unspecified atom stereocenters. The van der Waals surface area contributed by atoms with Crippen LogP contribution < -0.4 is 4.74 Å². The third-order valence-electron chi connectivity index (χ3n) is 7.54. The van der Waals surface area contributed by atoms with Gasteiger partial charge in [-0.3, -0.25) is 19.3 Å². The second kappa shape index (κ2) is 9.24. The lowest BCUT2D eigenvalue weighted by molar-refractivity contribution is 0.0641. The van der Waals surface area contributed by atoms with Crippen molar-refractivity contribution in [3.05, 3.63) is 101 Å². The number of imide groups is 1. The van der Waals surface area contributed by atoms with Crippen LogP contribution in [0.4, 0.5) is 0 Å². The van der Waals surface area contributed by atoms with E-state index in [0.29, 0.717) is 35.7 Å². The van der Waals surface area contributed by atoms with Gasteiger partial charge in [0, 0.05) is 35.8 Å². The quantitative estimate of drug-likeness (QED) is 0.397. The Hall–Kier alpha value is -4.39. The molecule has 2 aliphatic heterocycles. The second-order valence-corrected chi connectivity index (χ2v) is 9.66. The summed E-state index contributed by atoms with van der Waals surface area (Å²) in [6.07, 6.45) is 3.77. The summed E-state index contributed by atoms with van der Waals surface area (Å²) >= 11 is 0. The third-order valence-corrected chi connectivity index (χ3v) is 7.54. The molecule has 1 aromatic heterocycles. The number of carbonyl (C=O) groups excluding carboxylic acids is 3. The molecule has 37 heavy (non-hydrogen) atoms. The largest absolute Gasteiger partial charge is 0.497 e. The number of likely N-dealkylation sites (tertiary alicyclic amines) is 1. The molecule has 7 nitrogen and oxygen atoms in total.